The minimum atomic E-state index is -0.749. The smallest absolute Gasteiger partial charge is 0.307 e. The fourth-order valence-corrected chi connectivity index (χ4v) is 3.10. The first-order valence-corrected chi connectivity index (χ1v) is 11.0. The molecule has 0 saturated carbocycles. The third-order valence-corrected chi connectivity index (χ3v) is 4.99. The van der Waals surface area contributed by atoms with Crippen LogP contribution in [0.5, 0.6) is 0 Å². The first-order chi connectivity index (χ1) is 15.1. The third kappa shape index (κ3) is 7.96. The molecule has 176 valence electrons. The van der Waals surface area contributed by atoms with Crippen molar-refractivity contribution < 1.29 is 23.9 Å². The molecular formula is C23H34N4O5. The number of anilines is 2. The van der Waals surface area contributed by atoms with Gasteiger partial charge in [-0.3, -0.25) is 24.1 Å². The van der Waals surface area contributed by atoms with Gasteiger partial charge >= 0.3 is 5.97 Å². The van der Waals surface area contributed by atoms with Crippen molar-refractivity contribution in [1.29, 1.82) is 0 Å². The molecule has 1 aromatic carbocycles. The van der Waals surface area contributed by atoms with Gasteiger partial charge in [0.2, 0.25) is 17.7 Å². The normalized spacial score (nSPS) is 16.8. The van der Waals surface area contributed by atoms with Crippen LogP contribution in [0, 0.1) is 5.41 Å². The summed E-state index contributed by atoms with van der Waals surface area (Å²) < 4.78 is 5.17. The van der Waals surface area contributed by atoms with Gasteiger partial charge in [-0.05, 0) is 24.6 Å². The molecule has 1 saturated heterocycles. The molecule has 9 heteroatoms. The van der Waals surface area contributed by atoms with Gasteiger partial charge in [0.05, 0.1) is 19.6 Å². The van der Waals surface area contributed by atoms with E-state index in [0.29, 0.717) is 31.1 Å². The maximum atomic E-state index is 12.6. The number of rotatable bonds is 9. The molecule has 0 aliphatic carbocycles. The standard InChI is InChI=1S/C23H34N4O5/c1-5-6-12-32-20(29)14-18-21(30)24-10-11-27(18)15-19(28)25-16-8-7-9-17(13-16)26-22(31)23(2,3)4/h7-9,13,18H,5-6,10-12,14-15H2,1-4H3,(H,24,30)(H,25,28)(H,26,31). The predicted molar refractivity (Wildman–Crippen MR) is 122 cm³/mol. The number of nitrogens with zero attached hydrogens (tertiary/aromatic N) is 1. The zero-order chi connectivity index (χ0) is 23.7. The zero-order valence-corrected chi connectivity index (χ0v) is 19.3. The van der Waals surface area contributed by atoms with Crippen LogP contribution in [0.4, 0.5) is 11.4 Å². The summed E-state index contributed by atoms with van der Waals surface area (Å²) in [7, 11) is 0. The number of carbonyl (C=O) groups is 4. The minimum Gasteiger partial charge on any atom is -0.466 e. The second kappa shape index (κ2) is 11.6. The summed E-state index contributed by atoms with van der Waals surface area (Å²) >= 11 is 0. The van der Waals surface area contributed by atoms with Crippen molar-refractivity contribution in [3.63, 3.8) is 0 Å². The minimum absolute atomic E-state index is 0.0428. The molecule has 2 rings (SSSR count). The van der Waals surface area contributed by atoms with Gasteiger partial charge < -0.3 is 20.7 Å². The summed E-state index contributed by atoms with van der Waals surface area (Å²) in [6.45, 7) is 8.59. The lowest BCUT2D eigenvalue weighted by Gasteiger charge is -2.33. The van der Waals surface area contributed by atoms with Crippen LogP contribution in [0.1, 0.15) is 47.0 Å². The Labute approximate surface area is 189 Å². The first-order valence-electron chi connectivity index (χ1n) is 11.0. The van der Waals surface area contributed by atoms with Crippen molar-refractivity contribution in [3.8, 4) is 0 Å². The Morgan fingerprint density at radius 3 is 2.53 bits per heavy atom. The van der Waals surface area contributed by atoms with Crippen LogP contribution >= 0.6 is 0 Å². The van der Waals surface area contributed by atoms with Gasteiger partial charge in [-0.1, -0.05) is 40.2 Å². The molecule has 0 aromatic heterocycles. The number of piperazine rings is 1. The van der Waals surface area contributed by atoms with Crippen LogP contribution in [-0.4, -0.2) is 60.9 Å². The molecule has 3 amide bonds. The molecule has 0 bridgehead atoms. The Hall–Kier alpha value is -2.94. The van der Waals surface area contributed by atoms with E-state index in [1.54, 1.807) is 29.2 Å². The summed E-state index contributed by atoms with van der Waals surface area (Å²) in [6.07, 6.45) is 1.58. The highest BCUT2D eigenvalue weighted by Gasteiger charge is 2.33. The zero-order valence-electron chi connectivity index (χ0n) is 19.3. The lowest BCUT2D eigenvalue weighted by molar-refractivity contribution is -0.149. The van der Waals surface area contributed by atoms with Crippen LogP contribution in [0.25, 0.3) is 0 Å². The third-order valence-electron chi connectivity index (χ3n) is 4.99. The Morgan fingerprint density at radius 1 is 1.19 bits per heavy atom. The molecule has 1 aromatic rings. The SMILES string of the molecule is CCCCOC(=O)CC1C(=O)NCCN1CC(=O)Nc1cccc(NC(=O)C(C)(C)C)c1. The monoisotopic (exact) mass is 446 g/mol. The Bertz CT molecular complexity index is 834. The summed E-state index contributed by atoms with van der Waals surface area (Å²) in [6, 6.07) is 6.12. The van der Waals surface area contributed by atoms with E-state index >= 15 is 0 Å². The summed E-state index contributed by atoms with van der Waals surface area (Å²) in [5.74, 6) is -1.19. The van der Waals surface area contributed by atoms with Crippen molar-refractivity contribution in [3.05, 3.63) is 24.3 Å². The number of nitrogens with one attached hydrogen (secondary N) is 3. The van der Waals surface area contributed by atoms with E-state index in [1.807, 2.05) is 27.7 Å². The molecule has 9 nitrogen and oxygen atoms in total. The topological polar surface area (TPSA) is 117 Å². The number of benzene rings is 1. The van der Waals surface area contributed by atoms with E-state index in [4.69, 9.17) is 4.74 Å². The fraction of sp³-hybridized carbons (Fsp3) is 0.565. The van der Waals surface area contributed by atoms with Crippen molar-refractivity contribution in [1.82, 2.24) is 10.2 Å². The number of unbranched alkanes of at least 4 members (excludes halogenated alkanes) is 1. The predicted octanol–water partition coefficient (Wildman–Crippen LogP) is 2.14. The Kier molecular flexibility index (Phi) is 9.19. The largest absolute Gasteiger partial charge is 0.466 e. The van der Waals surface area contributed by atoms with Gasteiger partial charge in [0, 0.05) is 29.9 Å². The molecule has 0 radical (unpaired) electrons. The summed E-state index contributed by atoms with van der Waals surface area (Å²) in [5, 5.41) is 8.35. The number of esters is 1. The molecule has 1 atom stereocenters. The molecule has 32 heavy (non-hydrogen) atoms. The second-order valence-corrected chi connectivity index (χ2v) is 8.89. The first kappa shape index (κ1) is 25.3. The van der Waals surface area contributed by atoms with Crippen LogP contribution in [0.15, 0.2) is 24.3 Å². The number of ether oxygens (including phenoxy) is 1. The molecule has 1 heterocycles. The highest BCUT2D eigenvalue weighted by molar-refractivity contribution is 5.97. The molecule has 3 N–H and O–H groups in total. The molecule has 1 fully saturated rings. The van der Waals surface area contributed by atoms with Crippen LogP contribution < -0.4 is 16.0 Å². The Morgan fingerprint density at radius 2 is 1.88 bits per heavy atom. The highest BCUT2D eigenvalue weighted by atomic mass is 16.5. The highest BCUT2D eigenvalue weighted by Crippen LogP contribution is 2.20. The Balaban J connectivity index is 1.96. The van der Waals surface area contributed by atoms with Crippen molar-refractivity contribution in [2.75, 3.05) is 36.9 Å². The van der Waals surface area contributed by atoms with Crippen molar-refractivity contribution >= 4 is 35.1 Å². The van der Waals surface area contributed by atoms with Gasteiger partial charge in [0.1, 0.15) is 6.04 Å². The molecule has 1 aliphatic rings. The second-order valence-electron chi connectivity index (χ2n) is 8.89. The maximum absolute atomic E-state index is 12.6. The number of carbonyl (C=O) groups excluding carboxylic acids is 4. The van der Waals surface area contributed by atoms with E-state index in [9.17, 15) is 19.2 Å². The van der Waals surface area contributed by atoms with Crippen LogP contribution in [0.3, 0.4) is 0 Å². The summed E-state index contributed by atoms with van der Waals surface area (Å²) in [4.78, 5) is 50.9. The molecule has 1 unspecified atom stereocenters. The van der Waals surface area contributed by atoms with E-state index in [2.05, 4.69) is 16.0 Å². The lowest BCUT2D eigenvalue weighted by Crippen LogP contribution is -2.57. The number of hydrogen-bond acceptors (Lipinski definition) is 6. The average Bonchev–Trinajstić information content (AvgIpc) is 2.70. The van der Waals surface area contributed by atoms with Gasteiger partial charge in [-0.2, -0.15) is 0 Å². The van der Waals surface area contributed by atoms with Crippen LogP contribution in [-0.2, 0) is 23.9 Å². The van der Waals surface area contributed by atoms with Gasteiger partial charge in [0.15, 0.2) is 0 Å². The van der Waals surface area contributed by atoms with E-state index < -0.39 is 17.4 Å². The van der Waals surface area contributed by atoms with Gasteiger partial charge in [-0.25, -0.2) is 0 Å². The van der Waals surface area contributed by atoms with Crippen LogP contribution in [0.2, 0.25) is 0 Å². The summed E-state index contributed by atoms with van der Waals surface area (Å²) in [5.41, 5.74) is 0.562. The molecule has 0 spiro atoms. The van der Waals surface area contributed by atoms with E-state index in [-0.39, 0.29) is 30.7 Å². The molecule has 1 aliphatic heterocycles. The maximum Gasteiger partial charge on any atom is 0.307 e. The average molecular weight is 447 g/mol. The van der Waals surface area contributed by atoms with E-state index in [0.717, 1.165) is 12.8 Å². The van der Waals surface area contributed by atoms with Gasteiger partial charge in [0.25, 0.3) is 0 Å². The van der Waals surface area contributed by atoms with Gasteiger partial charge in [-0.15, -0.1) is 0 Å². The van der Waals surface area contributed by atoms with Crippen molar-refractivity contribution in [2.24, 2.45) is 5.41 Å². The number of hydrogen-bond donors (Lipinski definition) is 3. The molecular weight excluding hydrogens is 412 g/mol. The van der Waals surface area contributed by atoms with E-state index in [1.165, 1.54) is 0 Å². The number of amides is 3. The lowest BCUT2D eigenvalue weighted by atomic mass is 9.95. The van der Waals surface area contributed by atoms with Crippen molar-refractivity contribution in [2.45, 2.75) is 53.0 Å². The fourth-order valence-electron chi connectivity index (χ4n) is 3.10. The quantitative estimate of drug-likeness (QED) is 0.395.